The Morgan fingerprint density at radius 2 is 2.31 bits per heavy atom. The fraction of sp³-hybridized carbons (Fsp3) is 0.500. The SMILES string of the molecule is O[C@H]1CCN(Cc2cccc3c2OCO3)C1. The molecule has 0 radical (unpaired) electrons. The highest BCUT2D eigenvalue weighted by molar-refractivity contribution is 5.48. The number of β-amino-alcohol motifs (C(OH)–C–C–N with tert-alkyl or cyclic N) is 1. The van der Waals surface area contributed by atoms with Crippen molar-refractivity contribution in [3.63, 3.8) is 0 Å². The van der Waals surface area contributed by atoms with Gasteiger partial charge >= 0.3 is 0 Å². The van der Waals surface area contributed by atoms with Crippen LogP contribution in [0, 0.1) is 0 Å². The molecule has 4 nitrogen and oxygen atoms in total. The number of ether oxygens (including phenoxy) is 2. The van der Waals surface area contributed by atoms with E-state index in [-0.39, 0.29) is 6.10 Å². The molecular formula is C12H15NO3. The average molecular weight is 221 g/mol. The van der Waals surface area contributed by atoms with Gasteiger partial charge in [-0.3, -0.25) is 4.90 Å². The molecular weight excluding hydrogens is 206 g/mol. The number of hydrogen-bond donors (Lipinski definition) is 1. The number of nitrogens with zero attached hydrogens (tertiary/aromatic N) is 1. The largest absolute Gasteiger partial charge is 0.454 e. The number of rotatable bonds is 2. The number of para-hydroxylation sites is 1. The van der Waals surface area contributed by atoms with Crippen LogP contribution >= 0.6 is 0 Å². The maximum absolute atomic E-state index is 9.47. The van der Waals surface area contributed by atoms with E-state index in [1.165, 1.54) is 0 Å². The Morgan fingerprint density at radius 3 is 3.12 bits per heavy atom. The Bertz CT molecular complexity index is 394. The van der Waals surface area contributed by atoms with Crippen LogP contribution in [-0.4, -0.2) is 36.0 Å². The van der Waals surface area contributed by atoms with Gasteiger partial charge in [-0.2, -0.15) is 0 Å². The van der Waals surface area contributed by atoms with E-state index in [0.717, 1.165) is 43.1 Å². The van der Waals surface area contributed by atoms with Gasteiger partial charge < -0.3 is 14.6 Å². The highest BCUT2D eigenvalue weighted by Gasteiger charge is 2.23. The topological polar surface area (TPSA) is 41.9 Å². The van der Waals surface area contributed by atoms with Crippen molar-refractivity contribution in [3.8, 4) is 11.5 Å². The van der Waals surface area contributed by atoms with Crippen molar-refractivity contribution in [2.24, 2.45) is 0 Å². The number of likely N-dealkylation sites (tertiary alicyclic amines) is 1. The summed E-state index contributed by atoms with van der Waals surface area (Å²) in [5, 5.41) is 9.47. The van der Waals surface area contributed by atoms with Crippen LogP contribution in [0.25, 0.3) is 0 Å². The van der Waals surface area contributed by atoms with E-state index in [4.69, 9.17) is 9.47 Å². The summed E-state index contributed by atoms with van der Waals surface area (Å²) in [6.45, 7) is 2.84. The van der Waals surface area contributed by atoms with Gasteiger partial charge in [-0.15, -0.1) is 0 Å². The molecule has 16 heavy (non-hydrogen) atoms. The first kappa shape index (κ1) is 9.93. The summed E-state index contributed by atoms with van der Waals surface area (Å²) in [5.74, 6) is 1.70. The molecule has 0 aliphatic carbocycles. The highest BCUT2D eigenvalue weighted by atomic mass is 16.7. The minimum absolute atomic E-state index is 0.172. The van der Waals surface area contributed by atoms with E-state index >= 15 is 0 Å². The molecule has 1 aromatic rings. The van der Waals surface area contributed by atoms with Gasteiger partial charge in [0.05, 0.1) is 6.10 Å². The summed E-state index contributed by atoms with van der Waals surface area (Å²) in [7, 11) is 0. The van der Waals surface area contributed by atoms with E-state index in [0.29, 0.717) is 6.79 Å². The first-order valence-electron chi connectivity index (χ1n) is 5.61. The molecule has 1 aromatic carbocycles. The van der Waals surface area contributed by atoms with Crippen molar-refractivity contribution < 1.29 is 14.6 Å². The van der Waals surface area contributed by atoms with Crippen LogP contribution in [0.1, 0.15) is 12.0 Å². The zero-order chi connectivity index (χ0) is 11.0. The van der Waals surface area contributed by atoms with Crippen LogP contribution in [0.15, 0.2) is 18.2 Å². The molecule has 3 rings (SSSR count). The summed E-state index contributed by atoms with van der Waals surface area (Å²) < 4.78 is 10.8. The van der Waals surface area contributed by atoms with Crippen molar-refractivity contribution in [2.75, 3.05) is 19.9 Å². The minimum Gasteiger partial charge on any atom is -0.454 e. The van der Waals surface area contributed by atoms with E-state index in [9.17, 15) is 5.11 Å². The summed E-state index contributed by atoms with van der Waals surface area (Å²) in [6, 6.07) is 5.96. The molecule has 2 aliphatic heterocycles. The lowest BCUT2D eigenvalue weighted by Gasteiger charge is -2.15. The number of aliphatic hydroxyl groups excluding tert-OH is 1. The van der Waals surface area contributed by atoms with Crippen molar-refractivity contribution in [1.29, 1.82) is 0 Å². The first-order chi connectivity index (χ1) is 7.83. The molecule has 2 aliphatic rings. The van der Waals surface area contributed by atoms with E-state index < -0.39 is 0 Å². The Hall–Kier alpha value is -1.26. The Balaban J connectivity index is 1.77. The number of fused-ring (bicyclic) bond motifs is 1. The molecule has 2 heterocycles. The normalized spacial score (nSPS) is 23.9. The fourth-order valence-electron chi connectivity index (χ4n) is 2.31. The third kappa shape index (κ3) is 1.74. The molecule has 0 unspecified atom stereocenters. The predicted octanol–water partition coefficient (Wildman–Crippen LogP) is 0.982. The van der Waals surface area contributed by atoms with E-state index in [2.05, 4.69) is 11.0 Å². The first-order valence-corrected chi connectivity index (χ1v) is 5.61. The average Bonchev–Trinajstić information content (AvgIpc) is 2.87. The van der Waals surface area contributed by atoms with Gasteiger partial charge in [-0.05, 0) is 12.5 Å². The molecule has 1 atom stereocenters. The molecule has 86 valence electrons. The number of hydrogen-bond acceptors (Lipinski definition) is 4. The summed E-state index contributed by atoms with van der Waals surface area (Å²) in [6.07, 6.45) is 0.695. The maximum atomic E-state index is 9.47. The van der Waals surface area contributed by atoms with Crippen LogP contribution in [-0.2, 0) is 6.54 Å². The van der Waals surface area contributed by atoms with Gasteiger partial charge in [0.2, 0.25) is 6.79 Å². The molecule has 0 spiro atoms. The van der Waals surface area contributed by atoms with Gasteiger partial charge in [0.1, 0.15) is 0 Å². The molecule has 1 saturated heterocycles. The molecule has 1 fully saturated rings. The smallest absolute Gasteiger partial charge is 0.231 e. The third-order valence-corrected chi connectivity index (χ3v) is 3.12. The lowest BCUT2D eigenvalue weighted by Crippen LogP contribution is -2.21. The van der Waals surface area contributed by atoms with Gasteiger partial charge in [0, 0.05) is 25.2 Å². The summed E-state index contributed by atoms with van der Waals surface area (Å²) in [5.41, 5.74) is 1.14. The Kier molecular flexibility index (Phi) is 2.46. The monoisotopic (exact) mass is 221 g/mol. The maximum Gasteiger partial charge on any atom is 0.231 e. The van der Waals surface area contributed by atoms with E-state index in [1.807, 2.05) is 12.1 Å². The molecule has 0 bridgehead atoms. The van der Waals surface area contributed by atoms with Crippen molar-refractivity contribution in [3.05, 3.63) is 23.8 Å². The number of aliphatic hydroxyl groups is 1. The Labute approximate surface area is 94.4 Å². The molecule has 4 heteroatoms. The standard InChI is InChI=1S/C12H15NO3/c14-10-4-5-13(7-10)6-9-2-1-3-11-12(9)16-8-15-11/h1-3,10,14H,4-8H2/t10-/m0/s1. The third-order valence-electron chi connectivity index (χ3n) is 3.12. The van der Waals surface area contributed by atoms with Crippen molar-refractivity contribution in [2.45, 2.75) is 19.1 Å². The summed E-state index contributed by atoms with van der Waals surface area (Å²) in [4.78, 5) is 2.24. The predicted molar refractivity (Wildman–Crippen MR) is 58.5 cm³/mol. The van der Waals surface area contributed by atoms with Crippen LogP contribution in [0.4, 0.5) is 0 Å². The minimum atomic E-state index is -0.172. The van der Waals surface area contributed by atoms with Gasteiger partial charge in [0.25, 0.3) is 0 Å². The van der Waals surface area contributed by atoms with Gasteiger partial charge in [0.15, 0.2) is 11.5 Å². The van der Waals surface area contributed by atoms with Crippen molar-refractivity contribution >= 4 is 0 Å². The quantitative estimate of drug-likeness (QED) is 0.808. The molecule has 1 N–H and O–H groups in total. The van der Waals surface area contributed by atoms with Crippen LogP contribution in [0.3, 0.4) is 0 Å². The van der Waals surface area contributed by atoms with Crippen LogP contribution in [0.2, 0.25) is 0 Å². The highest BCUT2D eigenvalue weighted by Crippen LogP contribution is 2.36. The fourth-order valence-corrected chi connectivity index (χ4v) is 2.31. The van der Waals surface area contributed by atoms with Gasteiger partial charge in [-0.1, -0.05) is 12.1 Å². The molecule has 0 aromatic heterocycles. The van der Waals surface area contributed by atoms with Crippen molar-refractivity contribution in [1.82, 2.24) is 4.90 Å². The second-order valence-corrected chi connectivity index (χ2v) is 4.33. The lowest BCUT2D eigenvalue weighted by atomic mass is 10.2. The van der Waals surface area contributed by atoms with E-state index in [1.54, 1.807) is 0 Å². The molecule has 0 amide bonds. The second-order valence-electron chi connectivity index (χ2n) is 4.33. The summed E-state index contributed by atoms with van der Waals surface area (Å²) >= 11 is 0. The van der Waals surface area contributed by atoms with Crippen LogP contribution in [0.5, 0.6) is 11.5 Å². The lowest BCUT2D eigenvalue weighted by molar-refractivity contribution is 0.168. The van der Waals surface area contributed by atoms with Crippen LogP contribution < -0.4 is 9.47 Å². The second kappa shape index (κ2) is 3.96. The zero-order valence-corrected chi connectivity index (χ0v) is 9.06. The zero-order valence-electron chi connectivity index (χ0n) is 9.06. The number of benzene rings is 1. The molecule has 0 saturated carbocycles. The Morgan fingerprint density at radius 1 is 1.38 bits per heavy atom. The van der Waals surface area contributed by atoms with Gasteiger partial charge in [-0.25, -0.2) is 0 Å².